The van der Waals surface area contributed by atoms with Crippen molar-refractivity contribution in [2.45, 2.75) is 13.8 Å². The van der Waals surface area contributed by atoms with Crippen molar-refractivity contribution in [3.8, 4) is 5.88 Å². The van der Waals surface area contributed by atoms with Gasteiger partial charge in [-0.1, -0.05) is 12.1 Å². The quantitative estimate of drug-likeness (QED) is 0.846. The van der Waals surface area contributed by atoms with Gasteiger partial charge in [-0.2, -0.15) is 0 Å². The summed E-state index contributed by atoms with van der Waals surface area (Å²) in [6, 6.07) is 9.85. The zero-order valence-electron chi connectivity index (χ0n) is 11.7. The first-order valence-electron chi connectivity index (χ1n) is 6.24. The lowest BCUT2D eigenvalue weighted by Gasteiger charge is -2.13. The molecular formula is C15H17N3OS. The second-order valence-electron chi connectivity index (χ2n) is 4.49. The summed E-state index contributed by atoms with van der Waals surface area (Å²) in [6.45, 7) is 4.09. The highest BCUT2D eigenvalue weighted by Gasteiger charge is 2.03. The maximum atomic E-state index is 5.30. The minimum Gasteiger partial charge on any atom is -0.481 e. The fourth-order valence-electron chi connectivity index (χ4n) is 1.73. The summed E-state index contributed by atoms with van der Waals surface area (Å²) < 4.78 is 5.01. The van der Waals surface area contributed by atoms with Gasteiger partial charge in [0.15, 0.2) is 5.11 Å². The van der Waals surface area contributed by atoms with Crippen molar-refractivity contribution in [3.05, 3.63) is 47.7 Å². The molecule has 0 atom stereocenters. The second kappa shape index (κ2) is 6.34. The van der Waals surface area contributed by atoms with Crippen LogP contribution in [0.4, 0.5) is 11.4 Å². The summed E-state index contributed by atoms with van der Waals surface area (Å²) in [5.74, 6) is 0.573. The molecule has 0 aliphatic carbocycles. The molecule has 0 unspecified atom stereocenters. The Kier molecular flexibility index (Phi) is 4.53. The molecule has 0 amide bonds. The number of pyridine rings is 1. The van der Waals surface area contributed by atoms with E-state index in [0.717, 1.165) is 16.9 Å². The number of thiocarbonyl (C=S) groups is 1. The molecule has 0 fully saturated rings. The van der Waals surface area contributed by atoms with Crippen LogP contribution in [0, 0.1) is 13.8 Å². The SMILES string of the molecule is COc1ccc(NC(=S)Nc2cc(C)ccc2C)cn1. The lowest BCUT2D eigenvalue weighted by molar-refractivity contribution is 0.398. The highest BCUT2D eigenvalue weighted by molar-refractivity contribution is 7.80. The fraction of sp³-hybridized carbons (Fsp3) is 0.200. The third kappa shape index (κ3) is 3.68. The number of nitrogens with zero attached hydrogens (tertiary/aromatic N) is 1. The van der Waals surface area contributed by atoms with E-state index in [-0.39, 0.29) is 0 Å². The zero-order valence-corrected chi connectivity index (χ0v) is 12.5. The standard InChI is InChI=1S/C15H17N3OS/c1-10-4-5-11(2)13(8-10)18-15(20)17-12-6-7-14(19-3)16-9-12/h4-9H,1-3H3,(H2,17,18,20). The molecule has 1 heterocycles. The summed E-state index contributed by atoms with van der Waals surface area (Å²) in [5.41, 5.74) is 4.15. The van der Waals surface area contributed by atoms with E-state index in [9.17, 15) is 0 Å². The van der Waals surface area contributed by atoms with Gasteiger partial charge in [0.25, 0.3) is 0 Å². The van der Waals surface area contributed by atoms with Gasteiger partial charge in [-0.3, -0.25) is 0 Å². The molecule has 0 bridgehead atoms. The number of hydrogen-bond donors (Lipinski definition) is 2. The van der Waals surface area contributed by atoms with Crippen LogP contribution in [0.15, 0.2) is 36.5 Å². The molecule has 0 saturated heterocycles. The van der Waals surface area contributed by atoms with Gasteiger partial charge < -0.3 is 15.4 Å². The van der Waals surface area contributed by atoms with Gasteiger partial charge in [-0.05, 0) is 49.3 Å². The van der Waals surface area contributed by atoms with Gasteiger partial charge in [0.05, 0.1) is 19.0 Å². The van der Waals surface area contributed by atoms with Crippen LogP contribution in [-0.2, 0) is 0 Å². The Morgan fingerprint density at radius 1 is 1.15 bits per heavy atom. The van der Waals surface area contributed by atoms with Crippen molar-refractivity contribution >= 4 is 28.7 Å². The van der Waals surface area contributed by atoms with E-state index in [2.05, 4.69) is 40.7 Å². The lowest BCUT2D eigenvalue weighted by atomic mass is 10.1. The first kappa shape index (κ1) is 14.3. The van der Waals surface area contributed by atoms with Crippen molar-refractivity contribution in [2.24, 2.45) is 0 Å². The Labute approximate surface area is 124 Å². The topological polar surface area (TPSA) is 46.2 Å². The molecule has 0 radical (unpaired) electrons. The van der Waals surface area contributed by atoms with Crippen molar-refractivity contribution < 1.29 is 4.74 Å². The van der Waals surface area contributed by atoms with Gasteiger partial charge in [0.2, 0.25) is 5.88 Å². The van der Waals surface area contributed by atoms with E-state index < -0.39 is 0 Å². The second-order valence-corrected chi connectivity index (χ2v) is 4.89. The van der Waals surface area contributed by atoms with Gasteiger partial charge in [0, 0.05) is 11.8 Å². The third-order valence-electron chi connectivity index (χ3n) is 2.84. The molecule has 104 valence electrons. The predicted molar refractivity (Wildman–Crippen MR) is 86.5 cm³/mol. The van der Waals surface area contributed by atoms with Crippen molar-refractivity contribution in [3.63, 3.8) is 0 Å². The van der Waals surface area contributed by atoms with Crippen molar-refractivity contribution in [1.29, 1.82) is 0 Å². The average Bonchev–Trinajstić information content (AvgIpc) is 2.43. The molecule has 0 aliphatic rings. The number of methoxy groups -OCH3 is 1. The maximum absolute atomic E-state index is 5.30. The van der Waals surface area contributed by atoms with E-state index in [4.69, 9.17) is 17.0 Å². The summed E-state index contributed by atoms with van der Waals surface area (Å²) in [7, 11) is 1.59. The number of anilines is 2. The number of ether oxygens (including phenoxy) is 1. The summed E-state index contributed by atoms with van der Waals surface area (Å²) in [6.07, 6.45) is 1.68. The molecule has 5 heteroatoms. The minimum atomic E-state index is 0.533. The largest absolute Gasteiger partial charge is 0.481 e. The first-order valence-corrected chi connectivity index (χ1v) is 6.64. The molecule has 20 heavy (non-hydrogen) atoms. The molecule has 0 aliphatic heterocycles. The monoisotopic (exact) mass is 287 g/mol. The Hall–Kier alpha value is -2.14. The van der Waals surface area contributed by atoms with E-state index in [1.165, 1.54) is 5.56 Å². The smallest absolute Gasteiger partial charge is 0.213 e. The van der Waals surface area contributed by atoms with Gasteiger partial charge >= 0.3 is 0 Å². The van der Waals surface area contributed by atoms with Crippen LogP contribution in [0.2, 0.25) is 0 Å². The number of benzene rings is 1. The van der Waals surface area contributed by atoms with E-state index in [0.29, 0.717) is 11.0 Å². The van der Waals surface area contributed by atoms with Crippen molar-refractivity contribution in [1.82, 2.24) is 4.98 Å². The number of rotatable bonds is 3. The molecule has 0 saturated carbocycles. The van der Waals surface area contributed by atoms with E-state index in [1.807, 2.05) is 13.0 Å². The van der Waals surface area contributed by atoms with Gasteiger partial charge in [0.1, 0.15) is 0 Å². The van der Waals surface area contributed by atoms with Crippen LogP contribution >= 0.6 is 12.2 Å². The minimum absolute atomic E-state index is 0.533. The first-order chi connectivity index (χ1) is 9.58. The lowest BCUT2D eigenvalue weighted by Crippen LogP contribution is -2.19. The molecule has 0 spiro atoms. The molecule has 2 rings (SSSR count). The summed E-state index contributed by atoms with van der Waals surface area (Å²) in [5, 5.41) is 6.81. The molecule has 2 N–H and O–H groups in total. The van der Waals surface area contributed by atoms with Gasteiger partial charge in [-0.15, -0.1) is 0 Å². The highest BCUT2D eigenvalue weighted by atomic mass is 32.1. The number of nitrogens with one attached hydrogen (secondary N) is 2. The molecule has 2 aromatic rings. The Morgan fingerprint density at radius 3 is 2.60 bits per heavy atom. The van der Waals surface area contributed by atoms with Crippen LogP contribution in [0.1, 0.15) is 11.1 Å². The molecule has 1 aromatic heterocycles. The average molecular weight is 287 g/mol. The Balaban J connectivity index is 2.03. The summed E-state index contributed by atoms with van der Waals surface area (Å²) in [4.78, 5) is 4.12. The number of aromatic nitrogens is 1. The van der Waals surface area contributed by atoms with E-state index in [1.54, 1.807) is 19.4 Å². The molecular weight excluding hydrogens is 270 g/mol. The van der Waals surface area contributed by atoms with Gasteiger partial charge in [-0.25, -0.2) is 4.98 Å². The maximum Gasteiger partial charge on any atom is 0.213 e. The Morgan fingerprint density at radius 2 is 1.95 bits per heavy atom. The fourth-order valence-corrected chi connectivity index (χ4v) is 1.96. The third-order valence-corrected chi connectivity index (χ3v) is 3.05. The predicted octanol–water partition coefficient (Wildman–Crippen LogP) is 3.52. The van der Waals surface area contributed by atoms with Crippen LogP contribution < -0.4 is 15.4 Å². The van der Waals surface area contributed by atoms with Crippen LogP contribution in [0.3, 0.4) is 0 Å². The highest BCUT2D eigenvalue weighted by Crippen LogP contribution is 2.17. The summed E-state index contributed by atoms with van der Waals surface area (Å²) >= 11 is 5.30. The molecule has 1 aromatic carbocycles. The zero-order chi connectivity index (χ0) is 14.5. The number of hydrogen-bond acceptors (Lipinski definition) is 3. The normalized spacial score (nSPS) is 9.95. The van der Waals surface area contributed by atoms with Crippen LogP contribution in [-0.4, -0.2) is 17.2 Å². The van der Waals surface area contributed by atoms with Crippen molar-refractivity contribution in [2.75, 3.05) is 17.7 Å². The van der Waals surface area contributed by atoms with Crippen LogP contribution in [0.25, 0.3) is 0 Å². The number of aryl methyl sites for hydroxylation is 2. The van der Waals surface area contributed by atoms with E-state index >= 15 is 0 Å². The Bertz CT molecular complexity index is 611. The molecule has 4 nitrogen and oxygen atoms in total. The van der Waals surface area contributed by atoms with Crippen LogP contribution in [0.5, 0.6) is 5.88 Å².